The minimum atomic E-state index is -0.269. The van der Waals surface area contributed by atoms with Crippen molar-refractivity contribution >= 4 is 5.95 Å². The molecule has 0 fully saturated rings. The van der Waals surface area contributed by atoms with Crippen LogP contribution in [0.1, 0.15) is 5.56 Å². The molecule has 0 aliphatic heterocycles. The highest BCUT2D eigenvalue weighted by Crippen LogP contribution is 2.30. The van der Waals surface area contributed by atoms with E-state index in [-0.39, 0.29) is 5.82 Å². The van der Waals surface area contributed by atoms with Crippen LogP contribution in [0.15, 0.2) is 77.8 Å². The molecule has 3 heterocycles. The van der Waals surface area contributed by atoms with Crippen molar-refractivity contribution in [1.29, 1.82) is 0 Å². The van der Waals surface area contributed by atoms with Gasteiger partial charge in [-0.05, 0) is 47.5 Å². The van der Waals surface area contributed by atoms with Crippen molar-refractivity contribution in [1.82, 2.24) is 15.0 Å². The summed E-state index contributed by atoms with van der Waals surface area (Å²) in [6.07, 6.45) is 6.79. The molecular weight excluding hydrogens is 331 g/mol. The van der Waals surface area contributed by atoms with Crippen molar-refractivity contribution in [2.45, 2.75) is 6.54 Å². The molecule has 128 valence electrons. The van der Waals surface area contributed by atoms with Crippen LogP contribution >= 0.6 is 0 Å². The largest absolute Gasteiger partial charge is 0.463 e. The fraction of sp³-hybridized carbons (Fsp3) is 0.0500. The maximum absolute atomic E-state index is 13.3. The molecule has 0 aliphatic carbocycles. The standard InChI is InChI=1S/C20H15FN4O/c21-16-4-1-3-14(11-16)12-23-20-24-13-17(15-6-8-22-9-7-15)19(25-20)18-5-2-10-26-18/h1-11,13H,12H2,(H,23,24,25). The third-order valence-corrected chi connectivity index (χ3v) is 3.87. The monoisotopic (exact) mass is 346 g/mol. The van der Waals surface area contributed by atoms with Crippen LogP contribution in [0.2, 0.25) is 0 Å². The average molecular weight is 346 g/mol. The van der Waals surface area contributed by atoms with Gasteiger partial charge in [0.15, 0.2) is 5.76 Å². The van der Waals surface area contributed by atoms with Gasteiger partial charge in [-0.2, -0.15) is 0 Å². The van der Waals surface area contributed by atoms with Gasteiger partial charge in [-0.1, -0.05) is 12.1 Å². The molecule has 6 heteroatoms. The zero-order valence-corrected chi connectivity index (χ0v) is 13.8. The zero-order chi connectivity index (χ0) is 17.8. The molecule has 4 rings (SSSR count). The highest BCUT2D eigenvalue weighted by atomic mass is 19.1. The van der Waals surface area contributed by atoms with E-state index in [9.17, 15) is 4.39 Å². The van der Waals surface area contributed by atoms with Crippen LogP contribution < -0.4 is 5.32 Å². The Labute approximate surface area is 149 Å². The molecule has 0 amide bonds. The van der Waals surface area contributed by atoms with E-state index in [1.165, 1.54) is 12.1 Å². The summed E-state index contributed by atoms with van der Waals surface area (Å²) in [4.78, 5) is 13.0. The summed E-state index contributed by atoms with van der Waals surface area (Å²) in [7, 11) is 0. The molecule has 1 aromatic carbocycles. The van der Waals surface area contributed by atoms with Crippen LogP contribution in [0.4, 0.5) is 10.3 Å². The Bertz CT molecular complexity index is 1000. The first-order valence-corrected chi connectivity index (χ1v) is 8.09. The summed E-state index contributed by atoms with van der Waals surface area (Å²) in [5, 5.41) is 3.13. The molecule has 0 saturated heterocycles. The fourth-order valence-corrected chi connectivity index (χ4v) is 2.64. The van der Waals surface area contributed by atoms with Gasteiger partial charge >= 0.3 is 0 Å². The Hall–Kier alpha value is -3.54. The number of hydrogen-bond acceptors (Lipinski definition) is 5. The molecule has 0 spiro atoms. The number of benzene rings is 1. The van der Waals surface area contributed by atoms with Gasteiger partial charge in [-0.3, -0.25) is 4.98 Å². The molecule has 5 nitrogen and oxygen atoms in total. The summed E-state index contributed by atoms with van der Waals surface area (Å²) in [5.74, 6) is 0.820. The van der Waals surface area contributed by atoms with Crippen LogP contribution in [0.25, 0.3) is 22.6 Å². The number of hydrogen-bond donors (Lipinski definition) is 1. The topological polar surface area (TPSA) is 63.8 Å². The van der Waals surface area contributed by atoms with Gasteiger partial charge in [-0.15, -0.1) is 0 Å². The molecule has 0 unspecified atom stereocenters. The molecule has 1 N–H and O–H groups in total. The van der Waals surface area contributed by atoms with Crippen LogP contribution in [0, 0.1) is 5.82 Å². The first-order chi connectivity index (χ1) is 12.8. The summed E-state index contributed by atoms with van der Waals surface area (Å²) in [6, 6.07) is 13.9. The minimum Gasteiger partial charge on any atom is -0.463 e. The van der Waals surface area contributed by atoms with Crippen LogP contribution in [0.5, 0.6) is 0 Å². The van der Waals surface area contributed by atoms with E-state index in [0.29, 0.717) is 23.9 Å². The van der Waals surface area contributed by atoms with Crippen molar-refractivity contribution in [2.75, 3.05) is 5.32 Å². The lowest BCUT2D eigenvalue weighted by Crippen LogP contribution is -2.05. The van der Waals surface area contributed by atoms with E-state index in [1.807, 2.05) is 30.3 Å². The van der Waals surface area contributed by atoms with E-state index in [4.69, 9.17) is 4.42 Å². The molecule has 0 atom stereocenters. The number of pyridine rings is 1. The molecule has 4 aromatic rings. The molecule has 3 aromatic heterocycles. The second-order valence-corrected chi connectivity index (χ2v) is 5.65. The summed E-state index contributed by atoms with van der Waals surface area (Å²) < 4.78 is 18.8. The van der Waals surface area contributed by atoms with E-state index in [2.05, 4.69) is 20.3 Å². The second kappa shape index (κ2) is 7.14. The van der Waals surface area contributed by atoms with Gasteiger partial charge in [0.1, 0.15) is 11.5 Å². The zero-order valence-electron chi connectivity index (χ0n) is 13.8. The predicted octanol–water partition coefficient (Wildman–Crippen LogP) is 4.55. The van der Waals surface area contributed by atoms with E-state index < -0.39 is 0 Å². The third-order valence-electron chi connectivity index (χ3n) is 3.87. The Balaban J connectivity index is 1.66. The highest BCUT2D eigenvalue weighted by molar-refractivity contribution is 5.78. The highest BCUT2D eigenvalue weighted by Gasteiger charge is 2.13. The van der Waals surface area contributed by atoms with Gasteiger partial charge in [0, 0.05) is 30.7 Å². The van der Waals surface area contributed by atoms with Gasteiger partial charge in [0.25, 0.3) is 0 Å². The van der Waals surface area contributed by atoms with Crippen LogP contribution in [0.3, 0.4) is 0 Å². The third kappa shape index (κ3) is 3.44. The minimum absolute atomic E-state index is 0.269. The number of nitrogens with one attached hydrogen (secondary N) is 1. The van der Waals surface area contributed by atoms with E-state index in [1.54, 1.807) is 30.9 Å². The number of furan rings is 1. The van der Waals surface area contributed by atoms with Gasteiger partial charge in [0.2, 0.25) is 5.95 Å². The van der Waals surface area contributed by atoms with Crippen molar-refractivity contribution in [3.8, 4) is 22.6 Å². The molecule has 0 bridgehead atoms. The van der Waals surface area contributed by atoms with Crippen molar-refractivity contribution in [2.24, 2.45) is 0 Å². The van der Waals surface area contributed by atoms with Crippen LogP contribution in [-0.4, -0.2) is 15.0 Å². The first kappa shape index (κ1) is 16.0. The molecule has 0 aliphatic rings. The molecule has 26 heavy (non-hydrogen) atoms. The fourth-order valence-electron chi connectivity index (χ4n) is 2.64. The number of nitrogens with zero attached hydrogens (tertiary/aromatic N) is 3. The SMILES string of the molecule is Fc1cccc(CNc2ncc(-c3ccncc3)c(-c3ccco3)n2)c1. The Morgan fingerprint density at radius 2 is 1.92 bits per heavy atom. The lowest BCUT2D eigenvalue weighted by atomic mass is 10.1. The Kier molecular flexibility index (Phi) is 4.38. The van der Waals surface area contributed by atoms with Crippen molar-refractivity contribution in [3.05, 3.63) is 84.8 Å². The molecule has 0 radical (unpaired) electrons. The van der Waals surface area contributed by atoms with Gasteiger partial charge < -0.3 is 9.73 Å². The van der Waals surface area contributed by atoms with E-state index in [0.717, 1.165) is 16.7 Å². The maximum Gasteiger partial charge on any atom is 0.223 e. The normalized spacial score (nSPS) is 10.7. The molecular formula is C20H15FN4O. The number of aromatic nitrogens is 3. The molecule has 0 saturated carbocycles. The van der Waals surface area contributed by atoms with Crippen LogP contribution in [-0.2, 0) is 6.54 Å². The first-order valence-electron chi connectivity index (χ1n) is 8.09. The number of anilines is 1. The van der Waals surface area contributed by atoms with Crippen molar-refractivity contribution in [3.63, 3.8) is 0 Å². The van der Waals surface area contributed by atoms with Crippen molar-refractivity contribution < 1.29 is 8.81 Å². The lowest BCUT2D eigenvalue weighted by Gasteiger charge is -2.10. The Morgan fingerprint density at radius 1 is 1.04 bits per heavy atom. The lowest BCUT2D eigenvalue weighted by molar-refractivity contribution is 0.580. The summed E-state index contributed by atoms with van der Waals surface area (Å²) >= 11 is 0. The van der Waals surface area contributed by atoms with Gasteiger partial charge in [0.05, 0.1) is 6.26 Å². The quantitative estimate of drug-likeness (QED) is 0.574. The number of halogens is 1. The van der Waals surface area contributed by atoms with Gasteiger partial charge in [-0.25, -0.2) is 14.4 Å². The maximum atomic E-state index is 13.3. The second-order valence-electron chi connectivity index (χ2n) is 5.65. The predicted molar refractivity (Wildman–Crippen MR) is 96.7 cm³/mol. The number of rotatable bonds is 5. The average Bonchev–Trinajstić information content (AvgIpc) is 3.22. The summed E-state index contributed by atoms with van der Waals surface area (Å²) in [6.45, 7) is 0.421. The smallest absolute Gasteiger partial charge is 0.223 e. The Morgan fingerprint density at radius 3 is 2.69 bits per heavy atom. The summed E-state index contributed by atoms with van der Waals surface area (Å²) in [5.41, 5.74) is 3.28. The van der Waals surface area contributed by atoms with E-state index >= 15 is 0 Å².